The highest BCUT2D eigenvalue weighted by atomic mass is 127. The molecule has 0 radical (unpaired) electrons. The van der Waals surface area contributed by atoms with Gasteiger partial charge >= 0.3 is 0 Å². The first kappa shape index (κ1) is 26.5. The van der Waals surface area contributed by atoms with E-state index in [1.165, 1.54) is 0 Å². The second-order valence-electron chi connectivity index (χ2n) is 8.29. The zero-order valence-corrected chi connectivity index (χ0v) is 20.9. The lowest BCUT2D eigenvalue weighted by atomic mass is 9.94. The largest absolute Gasteiger partial charge is 0.396 e. The van der Waals surface area contributed by atoms with Crippen LogP contribution >= 0.6 is 24.0 Å². The zero-order chi connectivity index (χ0) is 21.1. The first-order valence-electron chi connectivity index (χ1n) is 11.0. The Hall–Kier alpha value is -1.53. The maximum absolute atomic E-state index is 9.42. The standard InChI is InChI=1S/C23H37N5O.HI/c1-4-25-23(26-16-19(11-13-29)14-18(2)3)27-21-9-7-12-28(17-21)22-10-6-5-8-20(22)15-24;/h5-6,8,10,18-19,21,29H,4,7,9,11-14,16-17H2,1-3H3,(H2,25,26,27);1H. The lowest BCUT2D eigenvalue weighted by Crippen LogP contribution is -2.51. The van der Waals surface area contributed by atoms with Gasteiger partial charge in [-0.05, 0) is 56.6 Å². The van der Waals surface area contributed by atoms with Gasteiger partial charge in [0.15, 0.2) is 5.96 Å². The fraction of sp³-hybridized carbons (Fsp3) is 0.652. The van der Waals surface area contributed by atoms with E-state index in [9.17, 15) is 10.4 Å². The van der Waals surface area contributed by atoms with Crippen LogP contribution in [0, 0.1) is 23.2 Å². The summed E-state index contributed by atoms with van der Waals surface area (Å²) in [4.78, 5) is 7.13. The molecule has 30 heavy (non-hydrogen) atoms. The van der Waals surface area contributed by atoms with E-state index in [4.69, 9.17) is 4.99 Å². The number of hydrogen-bond donors (Lipinski definition) is 3. The van der Waals surface area contributed by atoms with E-state index in [0.29, 0.717) is 11.8 Å². The van der Waals surface area contributed by atoms with Crippen LogP contribution in [0.15, 0.2) is 29.3 Å². The molecule has 1 aromatic carbocycles. The predicted molar refractivity (Wildman–Crippen MR) is 136 cm³/mol. The van der Waals surface area contributed by atoms with Gasteiger partial charge in [0.25, 0.3) is 0 Å². The molecule has 1 fully saturated rings. The van der Waals surface area contributed by atoms with Crippen molar-refractivity contribution in [3.8, 4) is 6.07 Å². The van der Waals surface area contributed by atoms with E-state index in [1.54, 1.807) is 0 Å². The number of halogens is 1. The van der Waals surface area contributed by atoms with Crippen molar-refractivity contribution in [1.82, 2.24) is 10.6 Å². The van der Waals surface area contributed by atoms with Crippen LogP contribution in [0.4, 0.5) is 5.69 Å². The van der Waals surface area contributed by atoms with Crippen molar-refractivity contribution >= 4 is 35.6 Å². The van der Waals surface area contributed by atoms with Crippen LogP contribution in [0.2, 0.25) is 0 Å². The number of guanidine groups is 1. The minimum Gasteiger partial charge on any atom is -0.396 e. The third-order valence-electron chi connectivity index (χ3n) is 5.32. The van der Waals surface area contributed by atoms with Crippen LogP contribution in [-0.4, -0.2) is 49.9 Å². The van der Waals surface area contributed by atoms with Crippen LogP contribution in [0.1, 0.15) is 52.0 Å². The molecule has 0 aromatic heterocycles. The number of rotatable bonds is 9. The molecule has 0 amide bonds. The summed E-state index contributed by atoms with van der Waals surface area (Å²) >= 11 is 0. The topological polar surface area (TPSA) is 83.7 Å². The molecular formula is C23H38IN5O. The summed E-state index contributed by atoms with van der Waals surface area (Å²) in [6.07, 6.45) is 4.04. The number of piperidine rings is 1. The molecule has 168 valence electrons. The number of para-hydroxylation sites is 1. The van der Waals surface area contributed by atoms with E-state index < -0.39 is 0 Å². The summed E-state index contributed by atoms with van der Waals surface area (Å²) in [5, 5.41) is 25.7. The van der Waals surface area contributed by atoms with Gasteiger partial charge in [0, 0.05) is 38.8 Å². The molecule has 1 aromatic rings. The summed E-state index contributed by atoms with van der Waals surface area (Å²) < 4.78 is 0. The van der Waals surface area contributed by atoms with E-state index in [1.807, 2.05) is 24.3 Å². The van der Waals surface area contributed by atoms with Gasteiger partial charge in [-0.25, -0.2) is 0 Å². The molecule has 0 bridgehead atoms. The smallest absolute Gasteiger partial charge is 0.191 e. The molecule has 0 spiro atoms. The number of aliphatic imine (C=N–C) groups is 1. The molecule has 1 saturated heterocycles. The Bertz CT molecular complexity index is 688. The molecule has 1 aliphatic heterocycles. The van der Waals surface area contributed by atoms with Gasteiger partial charge in [0.2, 0.25) is 0 Å². The highest BCUT2D eigenvalue weighted by Crippen LogP contribution is 2.23. The maximum Gasteiger partial charge on any atom is 0.191 e. The molecule has 6 nitrogen and oxygen atoms in total. The lowest BCUT2D eigenvalue weighted by molar-refractivity contribution is 0.245. The molecule has 2 unspecified atom stereocenters. The SMILES string of the molecule is CCNC(=NCC(CCO)CC(C)C)NC1CCCN(c2ccccc2C#N)C1.I. The van der Waals surface area contributed by atoms with E-state index >= 15 is 0 Å². The maximum atomic E-state index is 9.42. The molecule has 2 rings (SSSR count). The Morgan fingerprint density at radius 1 is 1.37 bits per heavy atom. The molecule has 1 aliphatic rings. The van der Waals surface area contributed by atoms with Gasteiger partial charge in [-0.1, -0.05) is 26.0 Å². The number of nitrogens with zero attached hydrogens (tertiary/aromatic N) is 3. The Kier molecular flexibility index (Phi) is 12.8. The van der Waals surface area contributed by atoms with Crippen LogP contribution in [0.25, 0.3) is 0 Å². The van der Waals surface area contributed by atoms with Gasteiger partial charge in [-0.3, -0.25) is 4.99 Å². The van der Waals surface area contributed by atoms with Crippen LogP contribution < -0.4 is 15.5 Å². The van der Waals surface area contributed by atoms with Gasteiger partial charge in [-0.15, -0.1) is 24.0 Å². The Labute approximate surface area is 199 Å². The number of benzene rings is 1. The van der Waals surface area contributed by atoms with Gasteiger partial charge < -0.3 is 20.6 Å². The van der Waals surface area contributed by atoms with E-state index in [0.717, 1.165) is 69.1 Å². The average molecular weight is 527 g/mol. The number of aliphatic hydroxyl groups is 1. The third kappa shape index (κ3) is 8.68. The summed E-state index contributed by atoms with van der Waals surface area (Å²) in [6, 6.07) is 10.4. The highest BCUT2D eigenvalue weighted by molar-refractivity contribution is 14.0. The Morgan fingerprint density at radius 2 is 2.13 bits per heavy atom. The quantitative estimate of drug-likeness (QED) is 0.259. The lowest BCUT2D eigenvalue weighted by Gasteiger charge is -2.36. The highest BCUT2D eigenvalue weighted by Gasteiger charge is 2.22. The van der Waals surface area contributed by atoms with Crippen LogP contribution in [-0.2, 0) is 0 Å². The fourth-order valence-electron chi connectivity index (χ4n) is 4.02. The number of nitrogens with one attached hydrogen (secondary N) is 2. The average Bonchev–Trinajstić information content (AvgIpc) is 2.72. The first-order chi connectivity index (χ1) is 14.1. The Morgan fingerprint density at radius 3 is 2.80 bits per heavy atom. The van der Waals surface area contributed by atoms with Crippen molar-refractivity contribution in [2.24, 2.45) is 16.8 Å². The van der Waals surface area contributed by atoms with Crippen molar-refractivity contribution in [3.63, 3.8) is 0 Å². The summed E-state index contributed by atoms with van der Waals surface area (Å²) in [5.74, 6) is 1.85. The second kappa shape index (κ2) is 14.5. The van der Waals surface area contributed by atoms with E-state index in [-0.39, 0.29) is 36.6 Å². The van der Waals surface area contributed by atoms with E-state index in [2.05, 4.69) is 42.4 Å². The molecular weight excluding hydrogens is 489 g/mol. The summed E-state index contributed by atoms with van der Waals surface area (Å²) in [6.45, 7) is 10.1. The molecule has 0 saturated carbocycles. The number of aliphatic hydroxyl groups excluding tert-OH is 1. The fourth-order valence-corrected chi connectivity index (χ4v) is 4.02. The number of anilines is 1. The second-order valence-corrected chi connectivity index (χ2v) is 8.29. The molecule has 1 heterocycles. The molecule has 2 atom stereocenters. The minimum absolute atomic E-state index is 0. The van der Waals surface area contributed by atoms with Crippen LogP contribution in [0.3, 0.4) is 0 Å². The zero-order valence-electron chi connectivity index (χ0n) is 18.6. The number of hydrogen-bond acceptors (Lipinski definition) is 4. The van der Waals surface area contributed by atoms with Crippen LogP contribution in [0.5, 0.6) is 0 Å². The van der Waals surface area contributed by atoms with Gasteiger partial charge in [0.05, 0.1) is 11.3 Å². The molecule has 0 aliphatic carbocycles. The number of nitriles is 1. The normalized spacial score (nSPS) is 17.8. The summed E-state index contributed by atoms with van der Waals surface area (Å²) in [5.41, 5.74) is 1.75. The Balaban J connectivity index is 0.00000450. The van der Waals surface area contributed by atoms with Gasteiger partial charge in [0.1, 0.15) is 6.07 Å². The van der Waals surface area contributed by atoms with Crippen molar-refractivity contribution in [3.05, 3.63) is 29.8 Å². The molecule has 7 heteroatoms. The summed E-state index contributed by atoms with van der Waals surface area (Å²) in [7, 11) is 0. The first-order valence-corrected chi connectivity index (χ1v) is 11.0. The van der Waals surface area contributed by atoms with Crippen molar-refractivity contribution in [1.29, 1.82) is 5.26 Å². The minimum atomic E-state index is 0. The van der Waals surface area contributed by atoms with Crippen molar-refractivity contribution in [2.75, 3.05) is 37.7 Å². The predicted octanol–water partition coefficient (Wildman–Crippen LogP) is 3.74. The third-order valence-corrected chi connectivity index (χ3v) is 5.32. The van der Waals surface area contributed by atoms with Gasteiger partial charge in [-0.2, -0.15) is 5.26 Å². The monoisotopic (exact) mass is 527 g/mol. The van der Waals surface area contributed by atoms with Crippen molar-refractivity contribution in [2.45, 2.75) is 52.5 Å². The van der Waals surface area contributed by atoms with Crippen molar-refractivity contribution < 1.29 is 5.11 Å². The molecule has 3 N–H and O–H groups in total.